The van der Waals surface area contributed by atoms with Gasteiger partial charge < -0.3 is 4.90 Å². The van der Waals surface area contributed by atoms with Crippen molar-refractivity contribution in [2.24, 2.45) is 5.92 Å². The molecule has 5 heteroatoms. The molecule has 1 amide bonds. The predicted molar refractivity (Wildman–Crippen MR) is 79.5 cm³/mol. The van der Waals surface area contributed by atoms with E-state index in [2.05, 4.69) is 0 Å². The van der Waals surface area contributed by atoms with Crippen LogP contribution in [0.1, 0.15) is 28.8 Å². The lowest BCUT2D eigenvalue weighted by Crippen LogP contribution is -2.21. The summed E-state index contributed by atoms with van der Waals surface area (Å²) in [6.45, 7) is 0. The molecule has 1 aliphatic heterocycles. The average molecular weight is 295 g/mol. The second kappa shape index (κ2) is 5.95. The molecule has 4 nitrogen and oxygen atoms in total. The van der Waals surface area contributed by atoms with Crippen LogP contribution < -0.4 is 0 Å². The van der Waals surface area contributed by atoms with Gasteiger partial charge in [0, 0.05) is 19.7 Å². The summed E-state index contributed by atoms with van der Waals surface area (Å²) < 4.78 is 22.8. The summed E-state index contributed by atoms with van der Waals surface area (Å²) in [7, 11) is 0.676. The van der Waals surface area contributed by atoms with Crippen LogP contribution in [0.5, 0.6) is 0 Å². The lowest BCUT2D eigenvalue weighted by atomic mass is 9.98. The van der Waals surface area contributed by atoms with Crippen LogP contribution in [0.3, 0.4) is 0 Å². The predicted octanol–water partition coefficient (Wildman–Crippen LogP) is 1.76. The minimum Gasteiger partial charge on any atom is -0.345 e. The van der Waals surface area contributed by atoms with Gasteiger partial charge in [0.1, 0.15) is 0 Å². The molecule has 20 heavy (non-hydrogen) atoms. The number of nitrogens with zero attached hydrogens (tertiary/aromatic N) is 1. The van der Waals surface area contributed by atoms with Crippen molar-refractivity contribution >= 4 is 15.7 Å². The fourth-order valence-corrected chi connectivity index (χ4v) is 4.50. The maximum absolute atomic E-state index is 11.9. The molecule has 0 radical (unpaired) electrons. The number of rotatable bonds is 4. The summed E-state index contributed by atoms with van der Waals surface area (Å²) >= 11 is 0. The number of hydrogen-bond acceptors (Lipinski definition) is 3. The van der Waals surface area contributed by atoms with E-state index in [1.165, 1.54) is 0 Å². The van der Waals surface area contributed by atoms with Gasteiger partial charge in [0.2, 0.25) is 0 Å². The Morgan fingerprint density at radius 3 is 2.70 bits per heavy atom. The van der Waals surface area contributed by atoms with E-state index in [1.54, 1.807) is 19.0 Å². The normalized spacial score (nSPS) is 20.8. The van der Waals surface area contributed by atoms with Crippen LogP contribution in [0.15, 0.2) is 24.3 Å². The summed E-state index contributed by atoms with van der Waals surface area (Å²) in [6, 6.07) is 7.60. The summed E-state index contributed by atoms with van der Waals surface area (Å²) in [5.41, 5.74) is 1.79. The van der Waals surface area contributed by atoms with Crippen molar-refractivity contribution < 1.29 is 13.2 Å². The van der Waals surface area contributed by atoms with Crippen LogP contribution in [0, 0.1) is 5.92 Å². The molecule has 0 aliphatic carbocycles. The Bertz CT molecular complexity index is 593. The molecule has 0 bridgehead atoms. The first-order valence-electron chi connectivity index (χ1n) is 6.88. The minimum absolute atomic E-state index is 0.00436. The molecule has 1 aliphatic rings. The molecule has 1 fully saturated rings. The Hall–Kier alpha value is -1.36. The molecular weight excluding hydrogens is 274 g/mol. The van der Waals surface area contributed by atoms with E-state index in [4.69, 9.17) is 0 Å². The molecule has 0 N–H and O–H groups in total. The Balaban J connectivity index is 1.97. The molecule has 110 valence electrons. The number of carbonyl (C=O) groups is 1. The first kappa shape index (κ1) is 15.0. The van der Waals surface area contributed by atoms with Gasteiger partial charge in [-0.2, -0.15) is 0 Å². The van der Waals surface area contributed by atoms with E-state index < -0.39 is 9.84 Å². The standard InChI is InChI=1S/C15H21NO3S/c1-16(2)15(17)14-5-3-4-12(10-14)6-7-13-8-9-20(18,19)11-13/h3-5,10,13H,6-9,11H2,1-2H3. The second-order valence-corrected chi connectivity index (χ2v) is 7.94. The highest BCUT2D eigenvalue weighted by Crippen LogP contribution is 2.23. The zero-order valence-corrected chi connectivity index (χ0v) is 12.8. The summed E-state index contributed by atoms with van der Waals surface area (Å²) in [4.78, 5) is 13.4. The van der Waals surface area contributed by atoms with Gasteiger partial charge >= 0.3 is 0 Å². The third-order valence-electron chi connectivity index (χ3n) is 3.75. The van der Waals surface area contributed by atoms with Gasteiger partial charge in [-0.05, 0) is 42.9 Å². The fraction of sp³-hybridized carbons (Fsp3) is 0.533. The van der Waals surface area contributed by atoms with E-state index in [0.717, 1.165) is 24.8 Å². The van der Waals surface area contributed by atoms with Gasteiger partial charge in [0.25, 0.3) is 5.91 Å². The van der Waals surface area contributed by atoms with Crippen molar-refractivity contribution in [3.05, 3.63) is 35.4 Å². The molecule has 1 atom stereocenters. The van der Waals surface area contributed by atoms with Gasteiger partial charge in [0.15, 0.2) is 9.84 Å². The third kappa shape index (κ3) is 3.82. The highest BCUT2D eigenvalue weighted by Gasteiger charge is 2.27. The molecule has 1 unspecified atom stereocenters. The van der Waals surface area contributed by atoms with E-state index in [9.17, 15) is 13.2 Å². The van der Waals surface area contributed by atoms with Crippen molar-refractivity contribution in [3.63, 3.8) is 0 Å². The first-order chi connectivity index (χ1) is 9.37. The molecule has 2 rings (SSSR count). The number of amides is 1. The van der Waals surface area contributed by atoms with Crippen LogP contribution in [-0.2, 0) is 16.3 Å². The highest BCUT2D eigenvalue weighted by atomic mass is 32.2. The minimum atomic E-state index is -2.79. The van der Waals surface area contributed by atoms with Crippen LogP contribution in [-0.4, -0.2) is 44.8 Å². The Morgan fingerprint density at radius 2 is 2.10 bits per heavy atom. The molecule has 0 spiro atoms. The molecule has 0 saturated carbocycles. The third-order valence-corrected chi connectivity index (χ3v) is 5.59. The van der Waals surface area contributed by atoms with Gasteiger partial charge in [-0.3, -0.25) is 4.79 Å². The lowest BCUT2D eigenvalue weighted by Gasteiger charge is -2.12. The maximum atomic E-state index is 11.9. The van der Waals surface area contributed by atoms with Crippen LogP contribution in [0.25, 0.3) is 0 Å². The molecule has 1 saturated heterocycles. The van der Waals surface area contributed by atoms with Crippen molar-refractivity contribution in [2.45, 2.75) is 19.3 Å². The van der Waals surface area contributed by atoms with Gasteiger partial charge in [-0.25, -0.2) is 8.42 Å². The maximum Gasteiger partial charge on any atom is 0.253 e. The Kier molecular flexibility index (Phi) is 4.48. The largest absolute Gasteiger partial charge is 0.345 e. The number of sulfone groups is 1. The highest BCUT2D eigenvalue weighted by molar-refractivity contribution is 7.91. The average Bonchev–Trinajstić information content (AvgIpc) is 2.75. The topological polar surface area (TPSA) is 54.5 Å². The van der Waals surface area contributed by atoms with Crippen molar-refractivity contribution in [2.75, 3.05) is 25.6 Å². The quantitative estimate of drug-likeness (QED) is 0.850. The molecule has 1 aromatic carbocycles. The number of benzene rings is 1. The van der Waals surface area contributed by atoms with E-state index in [1.807, 2.05) is 24.3 Å². The number of hydrogen-bond donors (Lipinski definition) is 0. The summed E-state index contributed by atoms with van der Waals surface area (Å²) in [6.07, 6.45) is 2.48. The lowest BCUT2D eigenvalue weighted by molar-refractivity contribution is 0.0827. The number of aryl methyl sites for hydroxylation is 1. The first-order valence-corrected chi connectivity index (χ1v) is 8.70. The zero-order chi connectivity index (χ0) is 14.8. The SMILES string of the molecule is CN(C)C(=O)c1cccc(CCC2CCS(=O)(=O)C2)c1. The molecule has 0 aromatic heterocycles. The molecular formula is C15H21NO3S. The monoisotopic (exact) mass is 295 g/mol. The zero-order valence-electron chi connectivity index (χ0n) is 12.0. The second-order valence-electron chi connectivity index (χ2n) is 5.71. The van der Waals surface area contributed by atoms with E-state index in [-0.39, 0.29) is 11.8 Å². The Morgan fingerprint density at radius 1 is 1.35 bits per heavy atom. The van der Waals surface area contributed by atoms with Crippen molar-refractivity contribution in [1.82, 2.24) is 4.90 Å². The van der Waals surface area contributed by atoms with Crippen LogP contribution in [0.2, 0.25) is 0 Å². The van der Waals surface area contributed by atoms with Gasteiger partial charge in [0.05, 0.1) is 11.5 Å². The summed E-state index contributed by atoms with van der Waals surface area (Å²) in [5.74, 6) is 0.920. The molecule has 1 heterocycles. The number of carbonyl (C=O) groups excluding carboxylic acids is 1. The Labute approximate surface area is 120 Å². The van der Waals surface area contributed by atoms with E-state index in [0.29, 0.717) is 17.1 Å². The van der Waals surface area contributed by atoms with Crippen LogP contribution >= 0.6 is 0 Å². The van der Waals surface area contributed by atoms with Crippen LogP contribution in [0.4, 0.5) is 0 Å². The molecule has 1 aromatic rings. The smallest absolute Gasteiger partial charge is 0.253 e. The van der Waals surface area contributed by atoms with Gasteiger partial charge in [-0.1, -0.05) is 12.1 Å². The van der Waals surface area contributed by atoms with Crippen molar-refractivity contribution in [1.29, 1.82) is 0 Å². The van der Waals surface area contributed by atoms with Crippen molar-refractivity contribution in [3.8, 4) is 0 Å². The fourth-order valence-electron chi connectivity index (χ4n) is 2.59. The van der Waals surface area contributed by atoms with E-state index >= 15 is 0 Å². The summed E-state index contributed by atoms with van der Waals surface area (Å²) in [5, 5.41) is 0. The van der Waals surface area contributed by atoms with Gasteiger partial charge in [-0.15, -0.1) is 0 Å².